The molecule has 52 heavy (non-hydrogen) atoms. The number of piperidine rings is 1. The van der Waals surface area contributed by atoms with Crippen molar-refractivity contribution >= 4 is 29.4 Å². The summed E-state index contributed by atoms with van der Waals surface area (Å²) in [6.45, 7) is 12.2. The molecule has 1 aliphatic carbocycles. The van der Waals surface area contributed by atoms with E-state index >= 15 is 0 Å². The van der Waals surface area contributed by atoms with Crippen molar-refractivity contribution in [3.8, 4) is 11.1 Å². The molecule has 0 amide bonds. The Kier molecular flexibility index (Phi) is 11.2. The molecule has 4 aromatic carbocycles. The number of rotatable bonds is 13. The Balaban J connectivity index is 1.01. The van der Waals surface area contributed by atoms with Crippen LogP contribution in [0.15, 0.2) is 108 Å². The fourth-order valence-electron chi connectivity index (χ4n) is 10.1. The maximum absolute atomic E-state index is 6.13. The SMILES string of the molecule is CN(C)Cc1c(-c2ccccc2)ccc2c(CCC3CCN(CC4(CC[Si](c5ccccc5)(c5ccccc5)C(C)(C)C)CCCC4)CC3)noc12. The lowest BCUT2D eigenvalue weighted by Crippen LogP contribution is -2.64. The first-order chi connectivity index (χ1) is 25.2. The average Bonchev–Trinajstić information content (AvgIpc) is 3.80. The van der Waals surface area contributed by atoms with Gasteiger partial charge in [0.1, 0.15) is 8.07 Å². The lowest BCUT2D eigenvalue weighted by Gasteiger charge is -2.47. The fraction of sp³-hybridized carbons (Fsp3) is 0.468. The van der Waals surface area contributed by atoms with Crippen LogP contribution in [-0.2, 0) is 13.0 Å². The molecule has 0 N–H and O–H groups in total. The van der Waals surface area contributed by atoms with E-state index in [1.165, 1.54) is 99.1 Å². The van der Waals surface area contributed by atoms with Crippen LogP contribution in [-0.4, -0.2) is 56.8 Å². The molecule has 5 heteroatoms. The number of hydrogen-bond donors (Lipinski definition) is 0. The number of hydrogen-bond acceptors (Lipinski definition) is 4. The van der Waals surface area contributed by atoms with Gasteiger partial charge in [0, 0.05) is 24.0 Å². The Hall–Kier alpha value is -3.51. The van der Waals surface area contributed by atoms with Gasteiger partial charge < -0.3 is 14.3 Å². The van der Waals surface area contributed by atoms with E-state index in [0.29, 0.717) is 5.41 Å². The summed E-state index contributed by atoms with van der Waals surface area (Å²) in [5.74, 6) is 0.754. The number of likely N-dealkylation sites (tertiary alicyclic amines) is 1. The van der Waals surface area contributed by atoms with Crippen molar-refractivity contribution in [1.82, 2.24) is 15.0 Å². The number of fused-ring (bicyclic) bond motifs is 1. The van der Waals surface area contributed by atoms with E-state index in [9.17, 15) is 0 Å². The normalized spacial score (nSPS) is 17.3. The largest absolute Gasteiger partial charge is 0.356 e. The molecule has 0 spiro atoms. The quantitative estimate of drug-likeness (QED) is 0.114. The summed E-state index contributed by atoms with van der Waals surface area (Å²) in [7, 11) is 2.19. The molecule has 2 fully saturated rings. The van der Waals surface area contributed by atoms with Crippen LogP contribution < -0.4 is 10.4 Å². The molecule has 274 valence electrons. The molecule has 0 radical (unpaired) electrons. The van der Waals surface area contributed by atoms with Crippen LogP contribution in [0.4, 0.5) is 0 Å². The lowest BCUT2D eigenvalue weighted by atomic mass is 9.81. The zero-order chi connectivity index (χ0) is 36.2. The first-order valence-electron chi connectivity index (χ1n) is 20.1. The number of benzene rings is 4. The Morgan fingerprint density at radius 2 is 1.40 bits per heavy atom. The highest BCUT2D eigenvalue weighted by Crippen LogP contribution is 2.48. The van der Waals surface area contributed by atoms with E-state index < -0.39 is 8.07 Å². The van der Waals surface area contributed by atoms with Crippen molar-refractivity contribution in [3.05, 3.63) is 114 Å². The van der Waals surface area contributed by atoms with Crippen LogP contribution in [0, 0.1) is 11.3 Å². The van der Waals surface area contributed by atoms with Crippen LogP contribution >= 0.6 is 0 Å². The highest BCUT2D eigenvalue weighted by Gasteiger charge is 2.49. The van der Waals surface area contributed by atoms with Gasteiger partial charge in [-0.25, -0.2) is 0 Å². The van der Waals surface area contributed by atoms with Crippen LogP contribution in [0.1, 0.15) is 83.4 Å². The molecule has 7 rings (SSSR count). The first kappa shape index (κ1) is 36.8. The Morgan fingerprint density at radius 1 is 0.808 bits per heavy atom. The molecular formula is C47H61N3OSi. The third-order valence-corrected chi connectivity index (χ3v) is 19.1. The molecule has 5 aromatic rings. The third kappa shape index (κ3) is 7.74. The minimum Gasteiger partial charge on any atom is -0.356 e. The Labute approximate surface area is 314 Å². The third-order valence-electron chi connectivity index (χ3n) is 12.9. The topological polar surface area (TPSA) is 32.5 Å². The molecule has 1 aliphatic heterocycles. The van der Waals surface area contributed by atoms with Gasteiger partial charge in [-0.15, -0.1) is 0 Å². The molecule has 4 nitrogen and oxygen atoms in total. The predicted molar refractivity (Wildman–Crippen MR) is 222 cm³/mol. The fourth-order valence-corrected chi connectivity index (χ4v) is 15.9. The van der Waals surface area contributed by atoms with Gasteiger partial charge in [-0.3, -0.25) is 0 Å². The highest BCUT2D eigenvalue weighted by atomic mass is 28.3. The summed E-state index contributed by atoms with van der Waals surface area (Å²) in [6, 6.07) is 39.8. The van der Waals surface area contributed by atoms with Crippen molar-refractivity contribution in [3.63, 3.8) is 0 Å². The summed E-state index contributed by atoms with van der Waals surface area (Å²) in [4.78, 5) is 5.08. The monoisotopic (exact) mass is 711 g/mol. The Morgan fingerprint density at radius 3 is 1.98 bits per heavy atom. The second-order valence-electron chi connectivity index (χ2n) is 17.6. The molecule has 1 aromatic heterocycles. The second kappa shape index (κ2) is 15.8. The average molecular weight is 712 g/mol. The van der Waals surface area contributed by atoms with E-state index in [4.69, 9.17) is 4.52 Å². The molecule has 2 aliphatic rings. The molecular weight excluding hydrogens is 651 g/mol. The summed E-state index contributed by atoms with van der Waals surface area (Å²) < 4.78 is 6.13. The molecule has 0 bridgehead atoms. The minimum atomic E-state index is -2.06. The van der Waals surface area contributed by atoms with E-state index in [2.05, 4.69) is 153 Å². The molecule has 1 saturated heterocycles. The lowest BCUT2D eigenvalue weighted by molar-refractivity contribution is 0.106. The first-order valence-corrected chi connectivity index (χ1v) is 22.3. The van der Waals surface area contributed by atoms with Gasteiger partial charge in [-0.1, -0.05) is 146 Å². The maximum atomic E-state index is 6.13. The Bertz CT molecular complexity index is 1820. The van der Waals surface area contributed by atoms with Crippen LogP contribution in [0.3, 0.4) is 0 Å². The summed E-state index contributed by atoms with van der Waals surface area (Å²) in [6.07, 6.45) is 11.7. The smallest absolute Gasteiger partial charge is 0.172 e. The van der Waals surface area contributed by atoms with Gasteiger partial charge >= 0.3 is 0 Å². The minimum absolute atomic E-state index is 0.223. The van der Waals surface area contributed by atoms with Crippen molar-refractivity contribution in [2.45, 2.75) is 96.2 Å². The van der Waals surface area contributed by atoms with Gasteiger partial charge in [-0.05, 0) is 112 Å². The zero-order valence-electron chi connectivity index (χ0n) is 32.5. The highest BCUT2D eigenvalue weighted by molar-refractivity contribution is 7.04. The summed E-state index contributed by atoms with van der Waals surface area (Å²) in [5.41, 5.74) is 6.24. The molecule has 2 heterocycles. The van der Waals surface area contributed by atoms with Gasteiger partial charge in [0.15, 0.2) is 5.58 Å². The van der Waals surface area contributed by atoms with E-state index in [1.54, 1.807) is 10.4 Å². The van der Waals surface area contributed by atoms with Crippen LogP contribution in [0.2, 0.25) is 11.1 Å². The van der Waals surface area contributed by atoms with Gasteiger partial charge in [-0.2, -0.15) is 0 Å². The number of aryl methyl sites for hydroxylation is 1. The number of nitrogens with zero attached hydrogens (tertiary/aromatic N) is 3. The van der Waals surface area contributed by atoms with E-state index in [-0.39, 0.29) is 5.04 Å². The second-order valence-corrected chi connectivity index (χ2v) is 22.5. The predicted octanol–water partition coefficient (Wildman–Crippen LogP) is 10.2. The van der Waals surface area contributed by atoms with Crippen molar-refractivity contribution in [2.24, 2.45) is 11.3 Å². The summed E-state index contributed by atoms with van der Waals surface area (Å²) in [5, 5.41) is 9.30. The van der Waals surface area contributed by atoms with Crippen molar-refractivity contribution in [1.29, 1.82) is 0 Å². The van der Waals surface area contributed by atoms with Crippen molar-refractivity contribution < 1.29 is 4.52 Å². The summed E-state index contributed by atoms with van der Waals surface area (Å²) >= 11 is 0. The molecule has 0 unspecified atom stereocenters. The maximum Gasteiger partial charge on any atom is 0.172 e. The van der Waals surface area contributed by atoms with E-state index in [0.717, 1.165) is 30.2 Å². The van der Waals surface area contributed by atoms with Gasteiger partial charge in [0.2, 0.25) is 0 Å². The van der Waals surface area contributed by atoms with Crippen LogP contribution in [0.25, 0.3) is 22.1 Å². The van der Waals surface area contributed by atoms with Gasteiger partial charge in [0.25, 0.3) is 0 Å². The van der Waals surface area contributed by atoms with E-state index in [1.807, 2.05) is 0 Å². The van der Waals surface area contributed by atoms with Crippen LogP contribution in [0.5, 0.6) is 0 Å². The molecule has 1 saturated carbocycles. The zero-order valence-corrected chi connectivity index (χ0v) is 33.5. The standard InChI is InChI=1S/C47H61N3OSi/c1-46(2,3)52(39-19-11-7-12-20-39,40-21-13-8-14-22-40)34-31-47(29-15-16-30-47)36-50-32-27-37(28-33-50)23-26-44-42-25-24-41(38-17-9-6-10-18-38)43(35-49(4)5)45(42)51-48-44/h6-14,17-22,24-25,37H,15-16,23,26-36H2,1-5H3. The molecule has 0 atom stereocenters. The van der Waals surface area contributed by atoms with Gasteiger partial charge in [0.05, 0.1) is 5.69 Å². The van der Waals surface area contributed by atoms with Crippen molar-refractivity contribution in [2.75, 3.05) is 33.7 Å². The number of aromatic nitrogens is 1.